The summed E-state index contributed by atoms with van der Waals surface area (Å²) in [4.78, 5) is 21.9. The van der Waals surface area contributed by atoms with Crippen molar-refractivity contribution in [2.45, 2.75) is 0 Å². The normalized spacial score (nSPS) is 9.75. The number of anilines is 1. The molecule has 0 fully saturated rings. The summed E-state index contributed by atoms with van der Waals surface area (Å²) in [5.41, 5.74) is 0.104. The molecule has 1 amide bonds. The summed E-state index contributed by atoms with van der Waals surface area (Å²) in [5.74, 6) is -2.86. The Morgan fingerprint density at radius 2 is 1.81 bits per heavy atom. The van der Waals surface area contributed by atoms with E-state index in [0.717, 1.165) is 19.2 Å². The van der Waals surface area contributed by atoms with Gasteiger partial charge in [-0.15, -0.1) is 0 Å². The minimum absolute atomic E-state index is 0.104. The molecule has 0 saturated heterocycles. The predicted octanol–water partition coefficient (Wildman–Crippen LogP) is 2.24. The number of esters is 1. The molecule has 0 aliphatic rings. The van der Waals surface area contributed by atoms with E-state index in [0.29, 0.717) is 0 Å². The highest BCUT2D eigenvalue weighted by Crippen LogP contribution is 2.27. The largest absolute Gasteiger partial charge is 0.462 e. The van der Waals surface area contributed by atoms with E-state index in [1.807, 2.05) is 0 Å². The first kappa shape index (κ1) is 12.7. The lowest BCUT2D eigenvalue weighted by molar-refractivity contribution is -0.150. The van der Waals surface area contributed by atoms with Crippen molar-refractivity contribution in [3.05, 3.63) is 28.0 Å². The summed E-state index contributed by atoms with van der Waals surface area (Å²) in [6, 6.07) is 2.26. The van der Waals surface area contributed by atoms with Crippen LogP contribution < -0.4 is 5.32 Å². The third kappa shape index (κ3) is 2.84. The second-order valence-electron chi connectivity index (χ2n) is 2.70. The Morgan fingerprint density at radius 1 is 1.31 bits per heavy atom. The van der Waals surface area contributed by atoms with E-state index in [1.165, 1.54) is 0 Å². The second kappa shape index (κ2) is 5.14. The third-order valence-corrected chi connectivity index (χ3v) is 2.16. The van der Waals surface area contributed by atoms with E-state index in [1.54, 1.807) is 0 Å². The molecule has 0 aliphatic heterocycles. The first-order valence-electron chi connectivity index (χ1n) is 3.99. The topological polar surface area (TPSA) is 55.4 Å². The molecule has 1 rings (SSSR count). The Hall–Kier alpha value is -1.33. The van der Waals surface area contributed by atoms with Crippen LogP contribution in [0.2, 0.25) is 10.0 Å². The molecular formula is C9H6Cl2FNO3. The van der Waals surface area contributed by atoms with Gasteiger partial charge in [0, 0.05) is 5.69 Å². The van der Waals surface area contributed by atoms with Gasteiger partial charge < -0.3 is 10.1 Å². The number of benzene rings is 1. The average molecular weight is 266 g/mol. The first-order valence-corrected chi connectivity index (χ1v) is 4.75. The van der Waals surface area contributed by atoms with Gasteiger partial charge in [0.25, 0.3) is 0 Å². The van der Waals surface area contributed by atoms with Crippen LogP contribution >= 0.6 is 23.2 Å². The van der Waals surface area contributed by atoms with Crippen molar-refractivity contribution in [2.24, 2.45) is 0 Å². The van der Waals surface area contributed by atoms with Gasteiger partial charge in [-0.05, 0) is 12.1 Å². The molecule has 0 saturated carbocycles. The van der Waals surface area contributed by atoms with Crippen molar-refractivity contribution in [1.29, 1.82) is 0 Å². The Kier molecular flexibility index (Phi) is 4.09. The second-order valence-corrected chi connectivity index (χ2v) is 3.51. The van der Waals surface area contributed by atoms with E-state index >= 15 is 0 Å². The Balaban J connectivity index is 2.91. The number of carbonyl (C=O) groups is 2. The molecule has 1 N–H and O–H groups in total. The molecule has 16 heavy (non-hydrogen) atoms. The third-order valence-electron chi connectivity index (χ3n) is 1.61. The number of ether oxygens (including phenoxy) is 1. The van der Waals surface area contributed by atoms with Crippen LogP contribution in [0.4, 0.5) is 10.1 Å². The zero-order valence-electron chi connectivity index (χ0n) is 8.01. The molecule has 0 aromatic heterocycles. The minimum atomic E-state index is -1.07. The molecule has 0 bridgehead atoms. The summed E-state index contributed by atoms with van der Waals surface area (Å²) >= 11 is 11.0. The van der Waals surface area contributed by atoms with Gasteiger partial charge in [0.15, 0.2) is 5.82 Å². The smallest absolute Gasteiger partial charge is 0.396 e. The minimum Gasteiger partial charge on any atom is -0.462 e. The highest BCUT2D eigenvalue weighted by molar-refractivity contribution is 6.38. The van der Waals surface area contributed by atoms with Crippen LogP contribution in [0.15, 0.2) is 12.1 Å². The molecule has 0 radical (unpaired) electrons. The van der Waals surface area contributed by atoms with E-state index in [4.69, 9.17) is 23.2 Å². The highest BCUT2D eigenvalue weighted by atomic mass is 35.5. The number of hydrogen-bond donors (Lipinski definition) is 1. The van der Waals surface area contributed by atoms with Gasteiger partial charge in [0.05, 0.1) is 17.2 Å². The maximum atomic E-state index is 13.0. The van der Waals surface area contributed by atoms with E-state index in [9.17, 15) is 14.0 Å². The van der Waals surface area contributed by atoms with E-state index < -0.39 is 17.7 Å². The van der Waals surface area contributed by atoms with Crippen molar-refractivity contribution in [3.63, 3.8) is 0 Å². The van der Waals surface area contributed by atoms with Gasteiger partial charge in [0.1, 0.15) is 0 Å². The number of halogens is 3. The van der Waals surface area contributed by atoms with Crippen LogP contribution in [-0.4, -0.2) is 19.0 Å². The van der Waals surface area contributed by atoms with Crippen LogP contribution in [0.3, 0.4) is 0 Å². The van der Waals surface area contributed by atoms with Gasteiger partial charge in [0.2, 0.25) is 0 Å². The summed E-state index contributed by atoms with van der Waals surface area (Å²) < 4.78 is 17.2. The zero-order valence-corrected chi connectivity index (χ0v) is 9.53. The molecule has 7 heteroatoms. The SMILES string of the molecule is COC(=O)C(=O)Nc1cc(Cl)c(F)c(Cl)c1. The van der Waals surface area contributed by atoms with Crippen molar-refractivity contribution < 1.29 is 18.7 Å². The molecule has 0 atom stereocenters. The standard InChI is InChI=1S/C9H6Cl2FNO3/c1-16-9(15)8(14)13-4-2-5(10)7(12)6(11)3-4/h2-3H,1H3,(H,13,14). The molecule has 86 valence electrons. The number of carbonyl (C=O) groups excluding carboxylic acids is 2. The molecule has 0 heterocycles. The number of hydrogen-bond acceptors (Lipinski definition) is 3. The summed E-state index contributed by atoms with van der Waals surface area (Å²) in [6.07, 6.45) is 0. The van der Waals surface area contributed by atoms with Crippen molar-refractivity contribution >= 4 is 40.8 Å². The summed E-state index contributed by atoms with van der Waals surface area (Å²) in [7, 11) is 1.06. The fourth-order valence-corrected chi connectivity index (χ4v) is 1.39. The van der Waals surface area contributed by atoms with Gasteiger partial charge in [-0.25, -0.2) is 9.18 Å². The quantitative estimate of drug-likeness (QED) is 0.481. The fraction of sp³-hybridized carbons (Fsp3) is 0.111. The first-order chi connectivity index (χ1) is 7.45. The van der Waals surface area contributed by atoms with Crippen LogP contribution in [0.5, 0.6) is 0 Å². The molecule has 4 nitrogen and oxygen atoms in total. The van der Waals surface area contributed by atoms with Crippen molar-refractivity contribution in [1.82, 2.24) is 0 Å². The lowest BCUT2D eigenvalue weighted by Crippen LogP contribution is -2.23. The van der Waals surface area contributed by atoms with Crippen LogP contribution in [-0.2, 0) is 14.3 Å². The lowest BCUT2D eigenvalue weighted by atomic mass is 10.3. The molecular weight excluding hydrogens is 260 g/mol. The molecule has 0 aliphatic carbocycles. The maximum absolute atomic E-state index is 13.0. The molecule has 1 aromatic carbocycles. The number of nitrogens with one attached hydrogen (secondary N) is 1. The van der Waals surface area contributed by atoms with Gasteiger partial charge in [-0.3, -0.25) is 4.79 Å². The van der Waals surface area contributed by atoms with E-state index in [2.05, 4.69) is 10.1 Å². The average Bonchev–Trinajstić information content (AvgIpc) is 2.24. The predicted molar refractivity (Wildman–Crippen MR) is 57.1 cm³/mol. The Labute approximate surface area is 100 Å². The maximum Gasteiger partial charge on any atom is 0.396 e. The van der Waals surface area contributed by atoms with Gasteiger partial charge in [-0.2, -0.15) is 0 Å². The van der Waals surface area contributed by atoms with Crippen LogP contribution in [0.1, 0.15) is 0 Å². The van der Waals surface area contributed by atoms with Crippen molar-refractivity contribution in [2.75, 3.05) is 12.4 Å². The molecule has 1 aromatic rings. The monoisotopic (exact) mass is 265 g/mol. The number of amides is 1. The summed E-state index contributed by atoms with van der Waals surface area (Å²) in [5, 5.41) is 1.64. The van der Waals surface area contributed by atoms with Crippen LogP contribution in [0.25, 0.3) is 0 Å². The van der Waals surface area contributed by atoms with Gasteiger partial charge >= 0.3 is 11.9 Å². The lowest BCUT2D eigenvalue weighted by Gasteiger charge is -2.05. The van der Waals surface area contributed by atoms with E-state index in [-0.39, 0.29) is 15.7 Å². The Morgan fingerprint density at radius 3 is 2.25 bits per heavy atom. The zero-order chi connectivity index (χ0) is 12.3. The number of rotatable bonds is 1. The highest BCUT2D eigenvalue weighted by Gasteiger charge is 2.15. The van der Waals surface area contributed by atoms with Gasteiger partial charge in [-0.1, -0.05) is 23.2 Å². The summed E-state index contributed by atoms with van der Waals surface area (Å²) in [6.45, 7) is 0. The number of methoxy groups -OCH3 is 1. The molecule has 0 spiro atoms. The Bertz CT molecular complexity index is 427. The molecule has 0 unspecified atom stereocenters. The van der Waals surface area contributed by atoms with Crippen molar-refractivity contribution in [3.8, 4) is 0 Å². The fourth-order valence-electron chi connectivity index (χ4n) is 0.903. The van der Waals surface area contributed by atoms with Crippen LogP contribution in [0, 0.1) is 5.82 Å².